The summed E-state index contributed by atoms with van der Waals surface area (Å²) in [5.41, 5.74) is 8.59. The van der Waals surface area contributed by atoms with Crippen molar-refractivity contribution in [2.75, 3.05) is 13.1 Å². The quantitative estimate of drug-likeness (QED) is 0.888. The Morgan fingerprint density at radius 3 is 2.87 bits per heavy atom. The van der Waals surface area contributed by atoms with E-state index in [2.05, 4.69) is 10.1 Å². The van der Waals surface area contributed by atoms with Crippen LogP contribution in [-0.4, -0.2) is 49.3 Å². The topological polar surface area (TPSA) is 82.0 Å². The number of hydrogen-bond acceptors (Lipinski definition) is 4. The number of nitrogens with zero attached hydrogens (tertiary/aromatic N) is 5. The summed E-state index contributed by atoms with van der Waals surface area (Å²) < 4.78 is 3.73. The molecular weight excluding hydrogens is 292 g/mol. The van der Waals surface area contributed by atoms with Crippen LogP contribution in [0.4, 0.5) is 0 Å². The molecule has 1 saturated heterocycles. The van der Waals surface area contributed by atoms with Crippen LogP contribution in [0.5, 0.6) is 0 Å². The van der Waals surface area contributed by atoms with Crippen LogP contribution in [0.1, 0.15) is 35.9 Å². The van der Waals surface area contributed by atoms with Crippen LogP contribution < -0.4 is 5.73 Å². The van der Waals surface area contributed by atoms with Gasteiger partial charge in [0.25, 0.3) is 0 Å². The van der Waals surface area contributed by atoms with Crippen molar-refractivity contribution >= 4 is 5.91 Å². The Kier molecular flexibility index (Phi) is 3.45. The Morgan fingerprint density at radius 1 is 1.35 bits per heavy atom. The molecule has 2 aromatic rings. The van der Waals surface area contributed by atoms with Crippen molar-refractivity contribution in [3.63, 3.8) is 0 Å². The molecule has 1 saturated carbocycles. The molecule has 1 aliphatic carbocycles. The molecule has 4 rings (SSSR count). The summed E-state index contributed by atoms with van der Waals surface area (Å²) in [5.74, 6) is 0.884. The zero-order valence-electron chi connectivity index (χ0n) is 13.3. The number of likely N-dealkylation sites (tertiary alicyclic amines) is 1. The second-order valence-electron chi connectivity index (χ2n) is 6.74. The molecule has 2 fully saturated rings. The SMILES string of the molecule is Cn1cncc1[C@@H]1CN(C(=O)Cn2cc(C3CC3)cn2)C[C@H]1N. The maximum atomic E-state index is 12.5. The number of rotatable bonds is 4. The predicted molar refractivity (Wildman–Crippen MR) is 84.7 cm³/mol. The van der Waals surface area contributed by atoms with Crippen LogP contribution in [0.25, 0.3) is 0 Å². The van der Waals surface area contributed by atoms with Gasteiger partial charge >= 0.3 is 0 Å². The summed E-state index contributed by atoms with van der Waals surface area (Å²) >= 11 is 0. The molecule has 2 N–H and O–H groups in total. The Hall–Kier alpha value is -2.15. The third kappa shape index (κ3) is 2.76. The molecule has 0 radical (unpaired) electrons. The average Bonchev–Trinajstić information content (AvgIpc) is 2.92. The van der Waals surface area contributed by atoms with E-state index in [1.54, 1.807) is 11.0 Å². The van der Waals surface area contributed by atoms with Crippen LogP contribution in [0.3, 0.4) is 0 Å². The van der Waals surface area contributed by atoms with Crippen molar-refractivity contribution in [2.45, 2.75) is 37.3 Å². The summed E-state index contributed by atoms with van der Waals surface area (Å²) in [5, 5.41) is 4.31. The van der Waals surface area contributed by atoms with E-state index in [4.69, 9.17) is 5.73 Å². The van der Waals surface area contributed by atoms with E-state index in [0.717, 1.165) is 5.69 Å². The van der Waals surface area contributed by atoms with Gasteiger partial charge in [0.15, 0.2) is 0 Å². The van der Waals surface area contributed by atoms with E-state index in [9.17, 15) is 4.79 Å². The number of hydrogen-bond donors (Lipinski definition) is 1. The molecule has 23 heavy (non-hydrogen) atoms. The first kappa shape index (κ1) is 14.4. The lowest BCUT2D eigenvalue weighted by molar-refractivity contribution is -0.131. The second-order valence-corrected chi connectivity index (χ2v) is 6.74. The van der Waals surface area contributed by atoms with E-state index in [1.807, 2.05) is 35.1 Å². The summed E-state index contributed by atoms with van der Waals surface area (Å²) in [6.07, 6.45) is 9.99. The van der Waals surface area contributed by atoms with Gasteiger partial charge in [-0.1, -0.05) is 0 Å². The highest BCUT2D eigenvalue weighted by atomic mass is 16.2. The maximum Gasteiger partial charge on any atom is 0.244 e. The van der Waals surface area contributed by atoms with Gasteiger partial charge in [-0.15, -0.1) is 0 Å². The van der Waals surface area contributed by atoms with Gasteiger partial charge in [-0.2, -0.15) is 5.10 Å². The van der Waals surface area contributed by atoms with E-state index in [1.165, 1.54) is 18.4 Å². The van der Waals surface area contributed by atoms with Gasteiger partial charge in [0.05, 0.1) is 12.5 Å². The monoisotopic (exact) mass is 314 g/mol. The van der Waals surface area contributed by atoms with Crippen molar-refractivity contribution in [3.8, 4) is 0 Å². The summed E-state index contributed by atoms with van der Waals surface area (Å²) in [6, 6.07) is -0.0472. The van der Waals surface area contributed by atoms with Crippen LogP contribution >= 0.6 is 0 Å². The molecule has 7 nitrogen and oxygen atoms in total. The van der Waals surface area contributed by atoms with E-state index in [0.29, 0.717) is 19.0 Å². The number of imidazole rings is 1. The van der Waals surface area contributed by atoms with Gasteiger partial charge in [0.1, 0.15) is 6.54 Å². The molecular formula is C16H22N6O. The molecule has 1 amide bonds. The molecule has 2 atom stereocenters. The average molecular weight is 314 g/mol. The number of carbonyl (C=O) groups excluding carboxylic acids is 1. The fourth-order valence-corrected chi connectivity index (χ4v) is 3.40. The fraction of sp³-hybridized carbons (Fsp3) is 0.562. The number of amides is 1. The standard InChI is InChI=1S/C16H22N6O/c1-20-10-18-5-15(20)13-7-21(8-14(13)17)16(23)9-22-6-12(4-19-22)11-2-3-11/h4-6,10-11,13-14H,2-3,7-9,17H2,1H3/t13-,14-/m1/s1. The number of aryl methyl sites for hydroxylation is 1. The largest absolute Gasteiger partial charge is 0.339 e. The van der Waals surface area contributed by atoms with Crippen LogP contribution in [-0.2, 0) is 18.4 Å². The minimum absolute atomic E-state index is 0.0472. The van der Waals surface area contributed by atoms with Crippen molar-refractivity contribution in [3.05, 3.63) is 36.2 Å². The first-order chi connectivity index (χ1) is 11.1. The van der Waals surface area contributed by atoms with Crippen molar-refractivity contribution in [2.24, 2.45) is 12.8 Å². The molecule has 122 valence electrons. The molecule has 7 heteroatoms. The van der Waals surface area contributed by atoms with Crippen LogP contribution in [0.15, 0.2) is 24.9 Å². The number of nitrogens with two attached hydrogens (primary N) is 1. The Morgan fingerprint density at radius 2 is 2.17 bits per heavy atom. The molecule has 1 aliphatic heterocycles. The first-order valence-corrected chi connectivity index (χ1v) is 8.13. The van der Waals surface area contributed by atoms with E-state index < -0.39 is 0 Å². The maximum absolute atomic E-state index is 12.5. The fourth-order valence-electron chi connectivity index (χ4n) is 3.40. The Labute approximate surface area is 135 Å². The van der Waals surface area contributed by atoms with E-state index in [-0.39, 0.29) is 24.4 Å². The normalized spacial score (nSPS) is 24.3. The minimum Gasteiger partial charge on any atom is -0.339 e. The van der Waals surface area contributed by atoms with Gasteiger partial charge in [0.2, 0.25) is 5.91 Å². The molecule has 0 bridgehead atoms. The predicted octanol–water partition coefficient (Wildman–Crippen LogP) is 0.447. The second kappa shape index (κ2) is 5.49. The van der Waals surface area contributed by atoms with Gasteiger partial charge in [-0.3, -0.25) is 9.48 Å². The molecule has 0 unspecified atom stereocenters. The number of carbonyl (C=O) groups is 1. The van der Waals surface area contributed by atoms with Crippen molar-refractivity contribution in [1.29, 1.82) is 0 Å². The highest BCUT2D eigenvalue weighted by Crippen LogP contribution is 2.39. The van der Waals surface area contributed by atoms with Gasteiger partial charge < -0.3 is 15.2 Å². The smallest absolute Gasteiger partial charge is 0.244 e. The van der Waals surface area contributed by atoms with Crippen molar-refractivity contribution in [1.82, 2.24) is 24.2 Å². The lowest BCUT2D eigenvalue weighted by atomic mass is 10.0. The van der Waals surface area contributed by atoms with Crippen molar-refractivity contribution < 1.29 is 4.79 Å². The van der Waals surface area contributed by atoms with Gasteiger partial charge in [-0.25, -0.2) is 4.98 Å². The third-order valence-corrected chi connectivity index (χ3v) is 4.95. The van der Waals surface area contributed by atoms with Gasteiger partial charge in [0, 0.05) is 50.2 Å². The summed E-state index contributed by atoms with van der Waals surface area (Å²) in [7, 11) is 1.96. The highest BCUT2D eigenvalue weighted by Gasteiger charge is 2.35. The molecule has 0 aromatic carbocycles. The number of aromatic nitrogens is 4. The Bertz CT molecular complexity index is 716. The minimum atomic E-state index is -0.0472. The Balaban J connectivity index is 1.41. The lowest BCUT2D eigenvalue weighted by Gasteiger charge is -2.16. The third-order valence-electron chi connectivity index (χ3n) is 4.95. The molecule has 0 spiro atoms. The zero-order valence-corrected chi connectivity index (χ0v) is 13.3. The first-order valence-electron chi connectivity index (χ1n) is 8.13. The molecule has 3 heterocycles. The molecule has 2 aliphatic rings. The van der Waals surface area contributed by atoms with Crippen LogP contribution in [0, 0.1) is 0 Å². The lowest BCUT2D eigenvalue weighted by Crippen LogP contribution is -2.34. The highest BCUT2D eigenvalue weighted by molar-refractivity contribution is 5.76. The zero-order chi connectivity index (χ0) is 16.0. The van der Waals surface area contributed by atoms with Gasteiger partial charge in [-0.05, 0) is 24.3 Å². The van der Waals surface area contributed by atoms with Crippen LogP contribution in [0.2, 0.25) is 0 Å². The van der Waals surface area contributed by atoms with E-state index >= 15 is 0 Å². The summed E-state index contributed by atoms with van der Waals surface area (Å²) in [6.45, 7) is 1.53. The molecule has 2 aromatic heterocycles. The summed E-state index contributed by atoms with van der Waals surface area (Å²) in [4.78, 5) is 18.5.